The Morgan fingerprint density at radius 3 is 2.73 bits per heavy atom. The van der Waals surface area contributed by atoms with Crippen LogP contribution in [0.4, 0.5) is 4.79 Å². The zero-order valence-corrected chi connectivity index (χ0v) is 17.8. The number of rotatable bonds is 5. The molecule has 2 atom stereocenters. The minimum Gasteiger partial charge on any atom is -0.469 e. The van der Waals surface area contributed by atoms with E-state index in [0.29, 0.717) is 34.3 Å². The van der Waals surface area contributed by atoms with Gasteiger partial charge >= 0.3 is 18.0 Å². The first-order chi connectivity index (χ1) is 14.3. The quantitative estimate of drug-likeness (QED) is 0.670. The SMILES string of the molecule is COC(=O)C[C@@H](NC(=O)N1CCc2[nH]cnc2[C@@H]1c1ccc(Cl)cc1Cl)C(=O)OC. The molecule has 1 aromatic carbocycles. The molecule has 9 nitrogen and oxygen atoms in total. The lowest BCUT2D eigenvalue weighted by atomic mass is 9.96. The maximum absolute atomic E-state index is 13.1. The number of ether oxygens (including phenoxy) is 2. The Kier molecular flexibility index (Phi) is 6.84. The van der Waals surface area contributed by atoms with Gasteiger partial charge < -0.3 is 24.7 Å². The second-order valence-corrected chi connectivity index (χ2v) is 7.43. The number of esters is 2. The molecule has 2 aromatic rings. The molecule has 0 radical (unpaired) electrons. The molecule has 2 heterocycles. The molecular formula is C19H20Cl2N4O5. The number of H-pyrrole nitrogens is 1. The number of carbonyl (C=O) groups excluding carboxylic acids is 3. The number of benzene rings is 1. The van der Waals surface area contributed by atoms with Gasteiger partial charge in [-0.1, -0.05) is 29.3 Å². The summed E-state index contributed by atoms with van der Waals surface area (Å²) in [4.78, 5) is 45.8. The van der Waals surface area contributed by atoms with E-state index in [9.17, 15) is 14.4 Å². The lowest BCUT2D eigenvalue weighted by Gasteiger charge is -2.36. The largest absolute Gasteiger partial charge is 0.469 e. The summed E-state index contributed by atoms with van der Waals surface area (Å²) < 4.78 is 9.30. The molecule has 30 heavy (non-hydrogen) atoms. The van der Waals surface area contributed by atoms with Gasteiger partial charge in [-0.3, -0.25) is 4.79 Å². The predicted octanol–water partition coefficient (Wildman–Crippen LogP) is 2.48. The average Bonchev–Trinajstić information content (AvgIpc) is 3.21. The molecular weight excluding hydrogens is 435 g/mol. The number of hydrogen-bond acceptors (Lipinski definition) is 6. The van der Waals surface area contributed by atoms with Crippen LogP contribution in [0.1, 0.15) is 29.4 Å². The summed E-state index contributed by atoms with van der Waals surface area (Å²) in [5.41, 5.74) is 2.16. The van der Waals surface area contributed by atoms with E-state index >= 15 is 0 Å². The third-order valence-corrected chi connectivity index (χ3v) is 5.39. The molecule has 2 N–H and O–H groups in total. The smallest absolute Gasteiger partial charge is 0.329 e. The highest BCUT2D eigenvalue weighted by molar-refractivity contribution is 6.35. The highest BCUT2D eigenvalue weighted by Gasteiger charge is 2.37. The molecule has 0 unspecified atom stereocenters. The number of aromatic nitrogens is 2. The van der Waals surface area contributed by atoms with Crippen LogP contribution in [0, 0.1) is 0 Å². The summed E-state index contributed by atoms with van der Waals surface area (Å²) in [6, 6.07) is 2.61. The molecule has 0 saturated heterocycles. The molecule has 2 amide bonds. The standard InChI is InChI=1S/C19H20Cl2N4O5/c1-29-15(26)8-14(18(27)30-2)24-19(28)25-6-5-13-16(23-9-22-13)17(25)11-4-3-10(20)7-12(11)21/h3-4,7,9,14,17H,5-6,8H2,1-2H3,(H,22,23)(H,24,28)/t14-,17+/m1/s1. The summed E-state index contributed by atoms with van der Waals surface area (Å²) in [6.45, 7) is 0.330. The molecule has 1 aromatic heterocycles. The van der Waals surface area contributed by atoms with E-state index < -0.39 is 30.1 Å². The van der Waals surface area contributed by atoms with Crippen LogP contribution in [-0.4, -0.2) is 59.6 Å². The van der Waals surface area contributed by atoms with Crippen LogP contribution >= 0.6 is 23.2 Å². The number of halogens is 2. The molecule has 0 spiro atoms. The maximum Gasteiger partial charge on any atom is 0.329 e. The highest BCUT2D eigenvalue weighted by atomic mass is 35.5. The van der Waals surface area contributed by atoms with Crippen molar-refractivity contribution in [3.63, 3.8) is 0 Å². The summed E-state index contributed by atoms with van der Waals surface area (Å²) in [5.74, 6) is -1.41. The van der Waals surface area contributed by atoms with E-state index in [2.05, 4.69) is 20.0 Å². The number of aromatic amines is 1. The first kappa shape index (κ1) is 21.9. The van der Waals surface area contributed by atoms with Crippen molar-refractivity contribution in [2.75, 3.05) is 20.8 Å². The van der Waals surface area contributed by atoms with Crippen molar-refractivity contribution in [3.8, 4) is 0 Å². The molecule has 160 valence electrons. The van der Waals surface area contributed by atoms with Gasteiger partial charge in [-0.15, -0.1) is 0 Å². The van der Waals surface area contributed by atoms with E-state index in [0.717, 1.165) is 5.69 Å². The van der Waals surface area contributed by atoms with E-state index in [1.165, 1.54) is 19.1 Å². The zero-order chi connectivity index (χ0) is 21.8. The Morgan fingerprint density at radius 1 is 1.30 bits per heavy atom. The second kappa shape index (κ2) is 9.36. The van der Waals surface area contributed by atoms with Gasteiger partial charge in [0.1, 0.15) is 12.1 Å². The number of urea groups is 1. The normalized spacial score (nSPS) is 16.4. The van der Waals surface area contributed by atoms with Crippen molar-refractivity contribution in [1.82, 2.24) is 20.2 Å². The Bertz CT molecular complexity index is 964. The number of nitrogens with one attached hydrogen (secondary N) is 2. The Morgan fingerprint density at radius 2 is 2.07 bits per heavy atom. The number of hydrogen-bond donors (Lipinski definition) is 2. The van der Waals surface area contributed by atoms with E-state index in [-0.39, 0.29) is 6.42 Å². The van der Waals surface area contributed by atoms with Crippen LogP contribution in [0.5, 0.6) is 0 Å². The van der Waals surface area contributed by atoms with Crippen LogP contribution < -0.4 is 5.32 Å². The summed E-state index contributed by atoms with van der Waals surface area (Å²) in [7, 11) is 2.37. The van der Waals surface area contributed by atoms with Gasteiger partial charge in [0.2, 0.25) is 0 Å². The number of carbonyl (C=O) groups is 3. The lowest BCUT2D eigenvalue weighted by molar-refractivity contribution is -0.149. The molecule has 1 aliphatic heterocycles. The molecule has 1 aliphatic rings. The molecule has 11 heteroatoms. The van der Waals surface area contributed by atoms with Gasteiger partial charge in [0.05, 0.1) is 32.7 Å². The zero-order valence-electron chi connectivity index (χ0n) is 16.3. The van der Waals surface area contributed by atoms with Gasteiger partial charge in [-0.05, 0) is 17.7 Å². The van der Waals surface area contributed by atoms with Crippen LogP contribution in [0.3, 0.4) is 0 Å². The van der Waals surface area contributed by atoms with Gasteiger partial charge in [0, 0.05) is 28.7 Å². The molecule has 0 aliphatic carbocycles. The topological polar surface area (TPSA) is 114 Å². The van der Waals surface area contributed by atoms with Crippen LogP contribution in [0.15, 0.2) is 24.5 Å². The molecule has 0 saturated carbocycles. The van der Waals surface area contributed by atoms with Gasteiger partial charge in [-0.2, -0.15) is 0 Å². The highest BCUT2D eigenvalue weighted by Crippen LogP contribution is 2.37. The van der Waals surface area contributed by atoms with Crippen molar-refractivity contribution >= 4 is 41.2 Å². The van der Waals surface area contributed by atoms with Crippen molar-refractivity contribution in [1.29, 1.82) is 0 Å². The van der Waals surface area contributed by atoms with Crippen LogP contribution in [-0.2, 0) is 25.5 Å². The van der Waals surface area contributed by atoms with Crippen molar-refractivity contribution < 1.29 is 23.9 Å². The Hall–Kier alpha value is -2.78. The third kappa shape index (κ3) is 4.52. The minimum atomic E-state index is -1.20. The summed E-state index contributed by atoms with van der Waals surface area (Å²) >= 11 is 12.4. The number of imidazole rings is 1. The Balaban J connectivity index is 1.93. The lowest BCUT2D eigenvalue weighted by Crippen LogP contribution is -2.52. The number of nitrogens with zero attached hydrogens (tertiary/aromatic N) is 2. The second-order valence-electron chi connectivity index (χ2n) is 6.58. The average molecular weight is 455 g/mol. The summed E-state index contributed by atoms with van der Waals surface area (Å²) in [5, 5.41) is 3.40. The minimum absolute atomic E-state index is 0.330. The van der Waals surface area contributed by atoms with E-state index in [1.807, 2.05) is 0 Å². The molecule has 3 rings (SSSR count). The monoisotopic (exact) mass is 454 g/mol. The fourth-order valence-corrected chi connectivity index (χ4v) is 3.86. The van der Waals surface area contributed by atoms with Crippen molar-refractivity contribution in [2.24, 2.45) is 0 Å². The van der Waals surface area contributed by atoms with E-state index in [4.69, 9.17) is 27.9 Å². The van der Waals surface area contributed by atoms with Gasteiger partial charge in [0.15, 0.2) is 0 Å². The van der Waals surface area contributed by atoms with Crippen molar-refractivity contribution in [3.05, 3.63) is 51.5 Å². The number of fused-ring (bicyclic) bond motifs is 1. The number of amides is 2. The maximum atomic E-state index is 13.1. The van der Waals surface area contributed by atoms with Crippen LogP contribution in [0.25, 0.3) is 0 Å². The van der Waals surface area contributed by atoms with Gasteiger partial charge in [-0.25, -0.2) is 14.6 Å². The third-order valence-electron chi connectivity index (χ3n) is 4.82. The Labute approximate surface area is 182 Å². The fourth-order valence-electron chi connectivity index (χ4n) is 3.35. The first-order valence-electron chi connectivity index (χ1n) is 9.04. The molecule has 0 fully saturated rings. The van der Waals surface area contributed by atoms with Gasteiger partial charge in [0.25, 0.3) is 0 Å². The van der Waals surface area contributed by atoms with Crippen molar-refractivity contribution in [2.45, 2.75) is 24.9 Å². The van der Waals surface area contributed by atoms with E-state index in [1.54, 1.807) is 24.5 Å². The first-order valence-corrected chi connectivity index (χ1v) is 9.80. The summed E-state index contributed by atoms with van der Waals surface area (Å²) in [6.07, 6.45) is 1.73. The number of methoxy groups -OCH3 is 2. The predicted molar refractivity (Wildman–Crippen MR) is 108 cm³/mol. The molecule has 0 bridgehead atoms. The fraction of sp³-hybridized carbons (Fsp3) is 0.368. The van der Waals surface area contributed by atoms with Crippen LogP contribution in [0.2, 0.25) is 10.0 Å².